The van der Waals surface area contributed by atoms with Crippen LogP contribution in [0.4, 0.5) is 4.39 Å². The highest BCUT2D eigenvalue weighted by molar-refractivity contribution is 6.35. The number of nitrogens with zero attached hydrogens (tertiary/aromatic N) is 1. The number of H-pyrrole nitrogens is 1. The Hall–Kier alpha value is -3.12. The van der Waals surface area contributed by atoms with Gasteiger partial charge in [-0.2, -0.15) is 5.26 Å². The smallest absolute Gasteiger partial charge is 0.270 e. The maximum atomic E-state index is 15.5. The van der Waals surface area contributed by atoms with E-state index in [1.165, 1.54) is 6.07 Å². The summed E-state index contributed by atoms with van der Waals surface area (Å²) in [5.41, 5.74) is 0.424. The maximum Gasteiger partial charge on any atom is 0.270 e. The number of hydrogen-bond donors (Lipinski definition) is 4. The van der Waals surface area contributed by atoms with Gasteiger partial charge in [0.25, 0.3) is 11.7 Å². The molecule has 2 fully saturated rings. The van der Waals surface area contributed by atoms with Gasteiger partial charge < -0.3 is 20.9 Å². The van der Waals surface area contributed by atoms with Crippen molar-refractivity contribution >= 4 is 40.2 Å². The minimum atomic E-state index is -2.73. The van der Waals surface area contributed by atoms with Crippen molar-refractivity contribution in [3.63, 3.8) is 0 Å². The van der Waals surface area contributed by atoms with Crippen LogP contribution in [-0.4, -0.2) is 40.1 Å². The first kappa shape index (κ1) is 25.0. The highest BCUT2D eigenvalue weighted by atomic mass is 35.5. The Morgan fingerprint density at radius 1 is 1.34 bits per heavy atom. The molecule has 3 amide bonds. The van der Waals surface area contributed by atoms with Gasteiger partial charge in [0.1, 0.15) is 17.8 Å². The number of hydrogen-bond acceptors (Lipinski definition) is 4. The van der Waals surface area contributed by atoms with E-state index in [1.54, 1.807) is 24.3 Å². The third-order valence-corrected chi connectivity index (χ3v) is 7.03. The molecule has 1 saturated heterocycles. The predicted octanol–water partition coefficient (Wildman–Crippen LogP) is 3.72. The van der Waals surface area contributed by atoms with Crippen LogP contribution in [0.2, 0.25) is 5.02 Å². The summed E-state index contributed by atoms with van der Waals surface area (Å²) in [5, 5.41) is 18.4. The van der Waals surface area contributed by atoms with Gasteiger partial charge in [0.15, 0.2) is 0 Å². The molecule has 0 spiro atoms. The van der Waals surface area contributed by atoms with Gasteiger partial charge in [-0.25, -0.2) is 4.39 Å². The summed E-state index contributed by atoms with van der Waals surface area (Å²) in [6, 6.07) is 7.38. The number of aromatic nitrogens is 1. The average molecular weight is 502 g/mol. The van der Waals surface area contributed by atoms with E-state index in [0.29, 0.717) is 29.8 Å². The molecule has 3 atom stereocenters. The molecule has 1 saturated carbocycles. The fourth-order valence-corrected chi connectivity index (χ4v) is 4.73. The quantitative estimate of drug-likeness (QED) is 0.411. The molecule has 8 nitrogen and oxygen atoms in total. The number of nitrogens with one attached hydrogen (secondary N) is 4. The maximum absolute atomic E-state index is 15.5. The molecule has 1 aromatic carbocycles. The van der Waals surface area contributed by atoms with Crippen LogP contribution >= 0.6 is 11.6 Å². The Bertz CT molecular complexity index is 1200. The van der Waals surface area contributed by atoms with Crippen molar-refractivity contribution in [2.75, 3.05) is 0 Å². The number of fused-ring (bicyclic) bond motifs is 1. The van der Waals surface area contributed by atoms with Gasteiger partial charge in [-0.3, -0.25) is 14.4 Å². The Morgan fingerprint density at radius 3 is 2.71 bits per heavy atom. The summed E-state index contributed by atoms with van der Waals surface area (Å²) < 4.78 is 15.5. The van der Waals surface area contributed by atoms with Crippen molar-refractivity contribution in [1.29, 1.82) is 5.26 Å². The van der Waals surface area contributed by atoms with Crippen LogP contribution in [0, 0.1) is 23.2 Å². The third-order valence-electron chi connectivity index (χ3n) is 6.71. The highest BCUT2D eigenvalue weighted by Gasteiger charge is 2.43. The molecule has 2 heterocycles. The Kier molecular flexibility index (Phi) is 6.78. The van der Waals surface area contributed by atoms with Crippen molar-refractivity contribution < 1.29 is 18.8 Å². The summed E-state index contributed by atoms with van der Waals surface area (Å²) >= 11 is 6.18. The number of carbonyl (C=O) groups excluding carboxylic acids is 3. The lowest BCUT2D eigenvalue weighted by Gasteiger charge is -2.36. The molecule has 4 N–H and O–H groups in total. The van der Waals surface area contributed by atoms with E-state index in [2.05, 4.69) is 20.9 Å². The fraction of sp³-hybridized carbons (Fsp3) is 0.520. The summed E-state index contributed by atoms with van der Waals surface area (Å²) in [4.78, 5) is 41.3. The van der Waals surface area contributed by atoms with E-state index in [1.807, 2.05) is 13.8 Å². The predicted molar refractivity (Wildman–Crippen MR) is 129 cm³/mol. The normalized spacial score (nSPS) is 21.9. The van der Waals surface area contributed by atoms with E-state index in [9.17, 15) is 19.6 Å². The topological polar surface area (TPSA) is 127 Å². The molecule has 2 aliphatic rings. The molecule has 0 bridgehead atoms. The van der Waals surface area contributed by atoms with E-state index < -0.39 is 41.5 Å². The second-order valence-corrected chi connectivity index (χ2v) is 10.7. The summed E-state index contributed by atoms with van der Waals surface area (Å²) in [6.45, 7) is 3.75. The van der Waals surface area contributed by atoms with Gasteiger partial charge in [-0.05, 0) is 51.2 Å². The van der Waals surface area contributed by atoms with Crippen LogP contribution in [0.25, 0.3) is 10.9 Å². The standard InChI is InChI=1S/C25H29ClFN5O3/c1-24(2)9-8-16(21(33)31-24)12-25(27,13-28)32-23(35)18(10-14-6-7-14)30-22(34)19-11-15-4-3-5-17(26)20(15)29-19/h3-5,11,14,16,18,29H,6-10,12H2,1-2H3,(H,30,34)(H,31,33)(H,32,35)/t16-,18-,25-/m0/s1. The lowest BCUT2D eigenvalue weighted by atomic mass is 9.83. The number of alkyl halides is 1. The van der Waals surface area contributed by atoms with E-state index in [0.717, 1.165) is 18.2 Å². The zero-order chi connectivity index (χ0) is 25.4. The van der Waals surface area contributed by atoms with Gasteiger partial charge in [-0.1, -0.05) is 36.6 Å². The first-order valence-electron chi connectivity index (χ1n) is 11.8. The molecule has 2 aromatic rings. The minimum Gasteiger partial charge on any atom is -0.351 e. The third kappa shape index (κ3) is 5.93. The molecule has 0 unspecified atom stereocenters. The molecule has 1 aromatic heterocycles. The van der Waals surface area contributed by atoms with E-state index >= 15 is 4.39 Å². The zero-order valence-corrected chi connectivity index (χ0v) is 20.5. The fourth-order valence-electron chi connectivity index (χ4n) is 4.50. The molecule has 186 valence electrons. The van der Waals surface area contributed by atoms with Gasteiger partial charge in [0, 0.05) is 23.3 Å². The van der Waals surface area contributed by atoms with Crippen LogP contribution in [0.1, 0.15) is 62.9 Å². The van der Waals surface area contributed by atoms with Crippen molar-refractivity contribution in [2.24, 2.45) is 11.8 Å². The van der Waals surface area contributed by atoms with Crippen LogP contribution in [0.15, 0.2) is 24.3 Å². The van der Waals surface area contributed by atoms with E-state index in [4.69, 9.17) is 11.6 Å². The second kappa shape index (κ2) is 9.50. The highest BCUT2D eigenvalue weighted by Crippen LogP contribution is 2.34. The number of amides is 3. The van der Waals surface area contributed by atoms with Crippen LogP contribution in [0.3, 0.4) is 0 Å². The SMILES string of the molecule is CC1(C)CC[C@@H](C[C@@](F)(C#N)NC(=O)[C@H](CC2CC2)NC(=O)c2cc3cccc(Cl)c3[nH]2)C(=O)N1. The number of rotatable bonds is 8. The van der Waals surface area contributed by atoms with Crippen molar-refractivity contribution in [3.8, 4) is 6.07 Å². The van der Waals surface area contributed by atoms with Crippen molar-refractivity contribution in [2.45, 2.75) is 69.7 Å². The summed E-state index contributed by atoms with van der Waals surface area (Å²) in [7, 11) is 0. The number of aromatic amines is 1. The summed E-state index contributed by atoms with van der Waals surface area (Å²) in [6.07, 6.45) is 2.75. The van der Waals surface area contributed by atoms with Gasteiger partial charge in [0.05, 0.1) is 10.5 Å². The molecule has 1 aliphatic heterocycles. The average Bonchev–Trinajstić information content (AvgIpc) is 3.49. The Labute approximate surface area is 208 Å². The molecule has 1 aliphatic carbocycles. The number of para-hydroxylation sites is 1. The molecular formula is C25H29ClFN5O3. The first-order valence-corrected chi connectivity index (χ1v) is 12.2. The van der Waals surface area contributed by atoms with Crippen LogP contribution < -0.4 is 16.0 Å². The van der Waals surface area contributed by atoms with Crippen molar-refractivity contribution in [1.82, 2.24) is 20.9 Å². The molecule has 0 radical (unpaired) electrons. The zero-order valence-electron chi connectivity index (χ0n) is 19.7. The van der Waals surface area contributed by atoms with Crippen molar-refractivity contribution in [3.05, 3.63) is 35.0 Å². The second-order valence-electron chi connectivity index (χ2n) is 10.3. The van der Waals surface area contributed by atoms with E-state index in [-0.39, 0.29) is 17.5 Å². The number of piperidine rings is 1. The Morgan fingerprint density at radius 2 is 2.09 bits per heavy atom. The molecule has 35 heavy (non-hydrogen) atoms. The van der Waals surface area contributed by atoms with Crippen LogP contribution in [0.5, 0.6) is 0 Å². The monoisotopic (exact) mass is 501 g/mol. The van der Waals surface area contributed by atoms with Gasteiger partial charge >= 0.3 is 0 Å². The molecule has 4 rings (SSSR count). The first-order chi connectivity index (χ1) is 16.5. The number of benzene rings is 1. The Balaban J connectivity index is 1.45. The van der Waals surface area contributed by atoms with Crippen LogP contribution in [-0.2, 0) is 9.59 Å². The van der Waals surface area contributed by atoms with Gasteiger partial charge in [0.2, 0.25) is 11.8 Å². The number of halogens is 2. The van der Waals surface area contributed by atoms with Gasteiger partial charge in [-0.15, -0.1) is 0 Å². The lowest BCUT2D eigenvalue weighted by molar-refractivity contribution is -0.133. The molecular weight excluding hydrogens is 473 g/mol. The molecule has 10 heteroatoms. The number of carbonyl (C=O) groups is 3. The largest absolute Gasteiger partial charge is 0.351 e. The minimum absolute atomic E-state index is 0.218. The lowest BCUT2D eigenvalue weighted by Crippen LogP contribution is -2.56. The number of nitriles is 1. The summed E-state index contributed by atoms with van der Waals surface area (Å²) in [5.74, 6) is -4.89.